The van der Waals surface area contributed by atoms with Crippen molar-refractivity contribution in [2.45, 2.75) is 37.8 Å². The molecule has 0 saturated heterocycles. The highest BCUT2D eigenvalue weighted by atomic mass is 19.4. The predicted molar refractivity (Wildman–Crippen MR) is 109 cm³/mol. The molecule has 0 bridgehead atoms. The molecule has 3 aromatic rings. The Morgan fingerprint density at radius 1 is 0.447 bits per heavy atom. The number of hydrogen-bond acceptors (Lipinski definition) is 4. The molecule has 0 aliphatic heterocycles. The summed E-state index contributed by atoms with van der Waals surface area (Å²) < 4.78 is 156. The summed E-state index contributed by atoms with van der Waals surface area (Å²) in [7, 11) is 0. The lowest BCUT2D eigenvalue weighted by Crippen LogP contribution is -2.37. The summed E-state index contributed by atoms with van der Waals surface area (Å²) in [6.45, 7) is -1.62. The van der Waals surface area contributed by atoms with Crippen LogP contribution in [0.25, 0.3) is 0 Å². The van der Waals surface area contributed by atoms with Gasteiger partial charge in [0.2, 0.25) is 0 Å². The molecule has 3 rings (SSSR count). The summed E-state index contributed by atoms with van der Waals surface area (Å²) in [5.41, 5.74) is -11.5. The van der Waals surface area contributed by atoms with Gasteiger partial charge in [0.1, 0.15) is 11.4 Å². The number of nitrogens with one attached hydrogen (secondary N) is 2. The topological polar surface area (TPSA) is 58.2 Å². The first-order valence-corrected chi connectivity index (χ1v) is 10.1. The molecule has 0 saturated carbocycles. The maximum Gasteiger partial charge on any atom is 0.416 e. The minimum Gasteiger partial charge on any atom is -0.376 e. The van der Waals surface area contributed by atoms with Gasteiger partial charge in [0.05, 0.1) is 22.3 Å². The Balaban J connectivity index is 1.85. The fourth-order valence-corrected chi connectivity index (χ4v) is 3.35. The van der Waals surface area contributed by atoms with Gasteiger partial charge in [-0.15, -0.1) is 0 Å². The molecule has 16 heteroatoms. The van der Waals surface area contributed by atoms with E-state index in [-0.39, 0.29) is 12.1 Å². The van der Waals surface area contributed by atoms with Gasteiger partial charge in [0, 0.05) is 13.1 Å². The fourth-order valence-electron chi connectivity index (χ4n) is 3.35. The van der Waals surface area contributed by atoms with Crippen LogP contribution < -0.4 is 21.5 Å². The monoisotopic (exact) mass is 564 g/mol. The first-order chi connectivity index (χ1) is 17.2. The van der Waals surface area contributed by atoms with Crippen molar-refractivity contribution in [3.63, 3.8) is 0 Å². The van der Waals surface area contributed by atoms with Gasteiger partial charge in [-0.25, -0.2) is 0 Å². The Kier molecular flexibility index (Phi) is 7.24. The van der Waals surface area contributed by atoms with Gasteiger partial charge in [-0.3, -0.25) is 9.59 Å². The molecule has 2 N–H and O–H groups in total. The Morgan fingerprint density at radius 3 is 0.895 bits per heavy atom. The SMILES string of the molecule is O=c1c(NCc2cc(C(F)(F)F)cc(C(F)(F)F)c2)c(NCc2cc(C(F)(F)F)cc(C(F)(F)F)c2)c1=O. The third-order valence-electron chi connectivity index (χ3n) is 5.14. The molecule has 0 heterocycles. The third kappa shape index (κ3) is 6.39. The molecule has 206 valence electrons. The smallest absolute Gasteiger partial charge is 0.376 e. The van der Waals surface area contributed by atoms with E-state index in [9.17, 15) is 62.3 Å². The second-order valence-electron chi connectivity index (χ2n) is 7.94. The van der Waals surface area contributed by atoms with Crippen LogP contribution in [0, 0.1) is 0 Å². The second kappa shape index (κ2) is 9.54. The van der Waals surface area contributed by atoms with Crippen molar-refractivity contribution in [1.29, 1.82) is 0 Å². The summed E-state index contributed by atoms with van der Waals surface area (Å²) in [5.74, 6) is 0. The molecule has 0 fully saturated rings. The Hall–Kier alpha value is -3.72. The first-order valence-electron chi connectivity index (χ1n) is 10.1. The van der Waals surface area contributed by atoms with E-state index in [0.717, 1.165) is 0 Å². The normalized spacial score (nSPS) is 13.2. The number of benzene rings is 2. The van der Waals surface area contributed by atoms with Crippen LogP contribution in [0.2, 0.25) is 0 Å². The Bertz CT molecular complexity index is 1240. The summed E-state index contributed by atoms with van der Waals surface area (Å²) in [5, 5.41) is 4.37. The lowest BCUT2D eigenvalue weighted by atomic mass is 10.0. The molecular weight excluding hydrogens is 552 g/mol. The predicted octanol–water partition coefficient (Wildman–Crippen LogP) is 6.58. The molecule has 3 aromatic carbocycles. The molecule has 0 aliphatic rings. The van der Waals surface area contributed by atoms with Crippen molar-refractivity contribution >= 4 is 11.4 Å². The van der Waals surface area contributed by atoms with E-state index in [1.807, 2.05) is 0 Å². The molecule has 0 radical (unpaired) electrons. The summed E-state index contributed by atoms with van der Waals surface area (Å²) in [4.78, 5) is 23.7. The van der Waals surface area contributed by atoms with Crippen LogP contribution in [0.5, 0.6) is 0 Å². The van der Waals surface area contributed by atoms with Crippen LogP contribution in [0.1, 0.15) is 33.4 Å². The number of alkyl halides is 12. The number of hydrogen-bond donors (Lipinski definition) is 2. The van der Waals surface area contributed by atoms with E-state index in [1.165, 1.54) is 0 Å². The van der Waals surface area contributed by atoms with Crippen molar-refractivity contribution in [2.24, 2.45) is 0 Å². The third-order valence-corrected chi connectivity index (χ3v) is 5.14. The molecule has 0 unspecified atom stereocenters. The molecule has 0 atom stereocenters. The number of halogens is 12. The minimum absolute atomic E-state index is 0.127. The maximum atomic E-state index is 13.0. The molecule has 4 nitrogen and oxygen atoms in total. The van der Waals surface area contributed by atoms with Gasteiger partial charge in [0.15, 0.2) is 0 Å². The summed E-state index contributed by atoms with van der Waals surface area (Å²) >= 11 is 0. The fraction of sp³-hybridized carbons (Fsp3) is 0.273. The molecule has 0 amide bonds. The highest BCUT2D eigenvalue weighted by Crippen LogP contribution is 2.38. The molecule has 0 aliphatic carbocycles. The van der Waals surface area contributed by atoms with Gasteiger partial charge in [0.25, 0.3) is 10.9 Å². The zero-order valence-corrected chi connectivity index (χ0v) is 18.2. The van der Waals surface area contributed by atoms with Crippen molar-refractivity contribution in [3.05, 3.63) is 90.2 Å². The van der Waals surface area contributed by atoms with Crippen molar-refractivity contribution in [2.75, 3.05) is 10.6 Å². The van der Waals surface area contributed by atoms with Gasteiger partial charge >= 0.3 is 24.7 Å². The van der Waals surface area contributed by atoms with Crippen molar-refractivity contribution in [1.82, 2.24) is 0 Å². The van der Waals surface area contributed by atoms with Crippen LogP contribution in [-0.2, 0) is 37.8 Å². The van der Waals surface area contributed by atoms with E-state index in [0.29, 0.717) is 24.3 Å². The maximum absolute atomic E-state index is 13.0. The largest absolute Gasteiger partial charge is 0.416 e. The van der Waals surface area contributed by atoms with Crippen molar-refractivity contribution in [3.8, 4) is 0 Å². The van der Waals surface area contributed by atoms with Crippen LogP contribution >= 0.6 is 0 Å². The van der Waals surface area contributed by atoms with E-state index in [1.54, 1.807) is 0 Å². The lowest BCUT2D eigenvalue weighted by molar-refractivity contribution is -0.144. The number of anilines is 2. The van der Waals surface area contributed by atoms with Gasteiger partial charge in [-0.2, -0.15) is 52.7 Å². The summed E-state index contributed by atoms with van der Waals surface area (Å²) in [6.07, 6.45) is -20.6. The highest BCUT2D eigenvalue weighted by Gasteiger charge is 2.38. The second-order valence-corrected chi connectivity index (χ2v) is 7.94. The quantitative estimate of drug-likeness (QED) is 0.262. The molecular formula is C22H12F12N2O2. The minimum atomic E-state index is -5.15. The average molecular weight is 564 g/mol. The van der Waals surface area contributed by atoms with Crippen LogP contribution in [0.4, 0.5) is 64.1 Å². The zero-order chi connectivity index (χ0) is 28.8. The summed E-state index contributed by atoms with van der Waals surface area (Å²) in [6, 6.07) is 1.20. The Labute approximate surface area is 203 Å². The van der Waals surface area contributed by atoms with Gasteiger partial charge in [-0.05, 0) is 47.5 Å². The van der Waals surface area contributed by atoms with Crippen LogP contribution in [0.15, 0.2) is 46.0 Å². The van der Waals surface area contributed by atoms with E-state index in [2.05, 4.69) is 10.6 Å². The standard InChI is InChI=1S/C22H12F12N2O2/c23-19(24,25)11-1-9(2-12(5-11)20(26,27)28)7-35-15-16(18(38)17(15)37)36-8-10-3-13(21(29,30)31)6-14(4-10)22(32,33)34/h1-6,35-36H,7-8H2. The zero-order valence-electron chi connectivity index (χ0n) is 18.2. The lowest BCUT2D eigenvalue weighted by Gasteiger charge is -2.18. The van der Waals surface area contributed by atoms with Gasteiger partial charge < -0.3 is 10.6 Å². The van der Waals surface area contributed by atoms with Crippen LogP contribution in [0.3, 0.4) is 0 Å². The molecule has 0 aromatic heterocycles. The Morgan fingerprint density at radius 2 is 0.684 bits per heavy atom. The highest BCUT2D eigenvalue weighted by molar-refractivity contribution is 5.74. The first kappa shape index (κ1) is 28.8. The number of rotatable bonds is 6. The van der Waals surface area contributed by atoms with E-state index in [4.69, 9.17) is 0 Å². The molecule has 38 heavy (non-hydrogen) atoms. The molecule has 0 spiro atoms. The van der Waals surface area contributed by atoms with Crippen LogP contribution in [-0.4, -0.2) is 0 Å². The van der Waals surface area contributed by atoms with Gasteiger partial charge in [-0.1, -0.05) is 0 Å². The van der Waals surface area contributed by atoms with E-state index >= 15 is 0 Å². The van der Waals surface area contributed by atoms with Crippen molar-refractivity contribution < 1.29 is 52.7 Å². The average Bonchev–Trinajstić information content (AvgIpc) is 2.77. The van der Waals surface area contributed by atoms with E-state index < -0.39 is 93.4 Å².